The van der Waals surface area contributed by atoms with E-state index in [0.29, 0.717) is 31.8 Å². The van der Waals surface area contributed by atoms with Gasteiger partial charge in [-0.2, -0.15) is 0 Å². The molecule has 1 aromatic carbocycles. The molecular weight excluding hydrogens is 254 g/mol. The fraction of sp³-hybridized carbons (Fsp3) is 0.467. The maximum absolute atomic E-state index is 12.6. The minimum absolute atomic E-state index is 0.00261. The molecular formula is C15H19N3O2. The summed E-state index contributed by atoms with van der Waals surface area (Å²) in [6, 6.07) is 7.61. The van der Waals surface area contributed by atoms with E-state index >= 15 is 0 Å². The zero-order chi connectivity index (χ0) is 14.1. The van der Waals surface area contributed by atoms with Gasteiger partial charge in [-0.3, -0.25) is 9.59 Å². The molecule has 1 saturated heterocycles. The molecule has 0 aliphatic carbocycles. The Morgan fingerprint density at radius 3 is 2.90 bits per heavy atom. The van der Waals surface area contributed by atoms with Gasteiger partial charge in [-0.15, -0.1) is 0 Å². The number of amides is 2. The van der Waals surface area contributed by atoms with Crippen LogP contribution in [0, 0.1) is 0 Å². The Bertz CT molecular complexity index is 544. The number of rotatable bonds is 3. The van der Waals surface area contributed by atoms with Crippen LogP contribution in [0.1, 0.15) is 30.7 Å². The predicted octanol–water partition coefficient (Wildman–Crippen LogP) is 0.744. The first-order valence-corrected chi connectivity index (χ1v) is 7.10. The van der Waals surface area contributed by atoms with Crippen molar-refractivity contribution >= 4 is 17.5 Å². The molecule has 3 N–H and O–H groups in total. The number of para-hydroxylation sites is 1. The highest BCUT2D eigenvalue weighted by molar-refractivity contribution is 6.02. The summed E-state index contributed by atoms with van der Waals surface area (Å²) in [6.45, 7) is 1.28. The average molecular weight is 273 g/mol. The van der Waals surface area contributed by atoms with Crippen LogP contribution in [0.25, 0.3) is 0 Å². The topological polar surface area (TPSA) is 75.4 Å². The first kappa shape index (κ1) is 13.1. The Kier molecular flexibility index (Phi) is 3.44. The van der Waals surface area contributed by atoms with E-state index in [9.17, 15) is 9.59 Å². The second-order valence-corrected chi connectivity index (χ2v) is 5.44. The molecule has 5 nitrogen and oxygen atoms in total. The summed E-state index contributed by atoms with van der Waals surface area (Å²) in [4.78, 5) is 25.7. The average Bonchev–Trinajstić information content (AvgIpc) is 3.04. The third kappa shape index (κ3) is 2.18. The summed E-state index contributed by atoms with van der Waals surface area (Å²) in [7, 11) is 0. The van der Waals surface area contributed by atoms with Gasteiger partial charge in [0.05, 0.1) is 0 Å². The lowest BCUT2D eigenvalue weighted by molar-refractivity contribution is -0.124. The van der Waals surface area contributed by atoms with E-state index < -0.39 is 0 Å². The Morgan fingerprint density at radius 2 is 2.20 bits per heavy atom. The first-order chi connectivity index (χ1) is 9.70. The van der Waals surface area contributed by atoms with Crippen molar-refractivity contribution in [1.29, 1.82) is 0 Å². The van der Waals surface area contributed by atoms with Crippen LogP contribution in [0.15, 0.2) is 24.3 Å². The van der Waals surface area contributed by atoms with Crippen LogP contribution >= 0.6 is 0 Å². The maximum Gasteiger partial charge on any atom is 0.249 e. The van der Waals surface area contributed by atoms with Crippen molar-refractivity contribution in [3.05, 3.63) is 29.8 Å². The fourth-order valence-corrected chi connectivity index (χ4v) is 3.14. The first-order valence-electron chi connectivity index (χ1n) is 7.10. The second-order valence-electron chi connectivity index (χ2n) is 5.44. The molecule has 0 radical (unpaired) electrons. The molecule has 2 atom stereocenters. The number of carbonyl (C=O) groups excluding carboxylic acids is 2. The molecule has 2 aliphatic heterocycles. The lowest BCUT2D eigenvalue weighted by atomic mass is 9.98. The number of anilines is 1. The summed E-state index contributed by atoms with van der Waals surface area (Å²) < 4.78 is 0. The quantitative estimate of drug-likeness (QED) is 0.853. The van der Waals surface area contributed by atoms with Crippen LogP contribution in [-0.2, 0) is 9.59 Å². The van der Waals surface area contributed by atoms with Crippen molar-refractivity contribution in [1.82, 2.24) is 5.32 Å². The van der Waals surface area contributed by atoms with E-state index in [4.69, 9.17) is 5.73 Å². The molecule has 2 amide bonds. The van der Waals surface area contributed by atoms with Crippen molar-refractivity contribution < 1.29 is 9.59 Å². The Labute approximate surface area is 118 Å². The lowest BCUT2D eigenvalue weighted by Gasteiger charge is -2.21. The van der Waals surface area contributed by atoms with Gasteiger partial charge in [0.2, 0.25) is 11.8 Å². The second kappa shape index (κ2) is 5.25. The van der Waals surface area contributed by atoms with Crippen LogP contribution in [0.4, 0.5) is 5.69 Å². The number of fused-ring (bicyclic) bond motifs is 1. The summed E-state index contributed by atoms with van der Waals surface area (Å²) in [5.41, 5.74) is 7.83. The molecule has 0 aromatic heterocycles. The van der Waals surface area contributed by atoms with Gasteiger partial charge in [0.15, 0.2) is 0 Å². The molecule has 2 aliphatic rings. The number of nitrogens with one attached hydrogen (secondary N) is 1. The molecule has 106 valence electrons. The maximum atomic E-state index is 12.6. The van der Waals surface area contributed by atoms with Crippen molar-refractivity contribution in [2.75, 3.05) is 18.0 Å². The van der Waals surface area contributed by atoms with Crippen LogP contribution in [-0.4, -0.2) is 30.9 Å². The Morgan fingerprint density at radius 1 is 1.40 bits per heavy atom. The lowest BCUT2D eigenvalue weighted by Crippen LogP contribution is -2.44. The minimum Gasteiger partial charge on any atom is -0.344 e. The standard InChI is InChI=1S/C15H19N3O2/c16-8-7-10-9-18(13-4-2-1-3-11(10)13)15(20)12-5-6-14(19)17-12/h1-4,10,12H,5-9,16H2,(H,17,19). The number of hydrogen-bond donors (Lipinski definition) is 2. The van der Waals surface area contributed by atoms with Gasteiger partial charge in [0.1, 0.15) is 6.04 Å². The van der Waals surface area contributed by atoms with Gasteiger partial charge in [-0.25, -0.2) is 0 Å². The molecule has 1 aromatic rings. The van der Waals surface area contributed by atoms with E-state index in [1.54, 1.807) is 0 Å². The number of hydrogen-bond acceptors (Lipinski definition) is 3. The zero-order valence-electron chi connectivity index (χ0n) is 11.3. The minimum atomic E-state index is -0.368. The molecule has 2 unspecified atom stereocenters. The normalized spacial score (nSPS) is 24.6. The monoisotopic (exact) mass is 273 g/mol. The fourth-order valence-electron chi connectivity index (χ4n) is 3.14. The summed E-state index contributed by atoms with van der Waals surface area (Å²) in [6.07, 6.45) is 1.91. The molecule has 0 saturated carbocycles. The third-order valence-electron chi connectivity index (χ3n) is 4.14. The SMILES string of the molecule is NCCC1CN(C(=O)C2CCC(=O)N2)c2ccccc21. The number of carbonyl (C=O) groups is 2. The van der Waals surface area contributed by atoms with Gasteiger partial charge in [-0.05, 0) is 31.0 Å². The highest BCUT2D eigenvalue weighted by atomic mass is 16.2. The third-order valence-corrected chi connectivity index (χ3v) is 4.14. The van der Waals surface area contributed by atoms with E-state index in [-0.39, 0.29) is 17.9 Å². The largest absolute Gasteiger partial charge is 0.344 e. The van der Waals surface area contributed by atoms with Crippen molar-refractivity contribution in [3.8, 4) is 0 Å². The number of benzene rings is 1. The summed E-state index contributed by atoms with van der Waals surface area (Å²) >= 11 is 0. The van der Waals surface area contributed by atoms with Crippen molar-refractivity contribution in [2.24, 2.45) is 5.73 Å². The van der Waals surface area contributed by atoms with Gasteiger partial charge in [0, 0.05) is 24.6 Å². The van der Waals surface area contributed by atoms with Gasteiger partial charge in [-0.1, -0.05) is 18.2 Å². The summed E-state index contributed by atoms with van der Waals surface area (Å²) in [5, 5.41) is 2.75. The molecule has 2 heterocycles. The Balaban J connectivity index is 1.84. The Hall–Kier alpha value is -1.88. The molecule has 0 spiro atoms. The molecule has 5 heteroatoms. The molecule has 20 heavy (non-hydrogen) atoms. The smallest absolute Gasteiger partial charge is 0.249 e. The van der Waals surface area contributed by atoms with E-state index in [2.05, 4.69) is 11.4 Å². The molecule has 1 fully saturated rings. The van der Waals surface area contributed by atoms with E-state index in [1.165, 1.54) is 5.56 Å². The van der Waals surface area contributed by atoms with E-state index in [0.717, 1.165) is 12.1 Å². The molecule has 0 bridgehead atoms. The van der Waals surface area contributed by atoms with Crippen LogP contribution < -0.4 is 16.0 Å². The number of nitrogens with zero attached hydrogens (tertiary/aromatic N) is 1. The number of nitrogens with two attached hydrogens (primary N) is 1. The predicted molar refractivity (Wildman–Crippen MR) is 76.4 cm³/mol. The summed E-state index contributed by atoms with van der Waals surface area (Å²) in [5.74, 6) is 0.273. The van der Waals surface area contributed by atoms with Crippen LogP contribution in [0.5, 0.6) is 0 Å². The van der Waals surface area contributed by atoms with Crippen molar-refractivity contribution in [2.45, 2.75) is 31.2 Å². The van der Waals surface area contributed by atoms with Gasteiger partial charge >= 0.3 is 0 Å². The highest BCUT2D eigenvalue weighted by Crippen LogP contribution is 2.38. The highest BCUT2D eigenvalue weighted by Gasteiger charge is 2.37. The zero-order valence-corrected chi connectivity index (χ0v) is 11.3. The van der Waals surface area contributed by atoms with Gasteiger partial charge in [0.25, 0.3) is 0 Å². The van der Waals surface area contributed by atoms with Crippen LogP contribution in [0.2, 0.25) is 0 Å². The molecule has 3 rings (SSSR count). The van der Waals surface area contributed by atoms with Crippen LogP contribution in [0.3, 0.4) is 0 Å². The van der Waals surface area contributed by atoms with Gasteiger partial charge < -0.3 is 16.0 Å². The van der Waals surface area contributed by atoms with E-state index in [1.807, 2.05) is 23.1 Å². The van der Waals surface area contributed by atoms with Crippen molar-refractivity contribution in [3.63, 3.8) is 0 Å².